The molecule has 0 aromatic heterocycles. The Labute approximate surface area is 125 Å². The summed E-state index contributed by atoms with van der Waals surface area (Å²) >= 11 is 0. The number of hydrogen-bond donors (Lipinski definition) is 1. The van der Waals surface area contributed by atoms with Gasteiger partial charge in [-0.1, -0.05) is 12.8 Å². The first-order chi connectivity index (χ1) is 10.0. The van der Waals surface area contributed by atoms with Gasteiger partial charge in [0.2, 0.25) is 11.8 Å². The molecule has 0 bridgehead atoms. The van der Waals surface area contributed by atoms with Crippen molar-refractivity contribution in [1.82, 2.24) is 9.80 Å². The van der Waals surface area contributed by atoms with Gasteiger partial charge in [0.1, 0.15) is 0 Å². The van der Waals surface area contributed by atoms with E-state index >= 15 is 0 Å². The number of carbonyl (C=O) groups excluding carboxylic acids is 2. The maximum Gasteiger partial charge on any atom is 0.305 e. The minimum atomic E-state index is -0.906. The lowest BCUT2D eigenvalue weighted by Crippen LogP contribution is -2.40. The van der Waals surface area contributed by atoms with E-state index in [1.54, 1.807) is 4.90 Å². The molecule has 6 nitrogen and oxygen atoms in total. The van der Waals surface area contributed by atoms with Crippen molar-refractivity contribution in [1.29, 1.82) is 0 Å². The zero-order valence-corrected chi connectivity index (χ0v) is 12.6. The second-order valence-corrected chi connectivity index (χ2v) is 5.95. The molecule has 1 saturated carbocycles. The van der Waals surface area contributed by atoms with E-state index in [1.165, 1.54) is 0 Å². The summed E-state index contributed by atoms with van der Waals surface area (Å²) in [6, 6.07) is 0.310. The van der Waals surface area contributed by atoms with Crippen molar-refractivity contribution in [2.24, 2.45) is 5.92 Å². The lowest BCUT2D eigenvalue weighted by Gasteiger charge is -2.26. The van der Waals surface area contributed by atoms with Gasteiger partial charge in [-0.3, -0.25) is 14.4 Å². The Morgan fingerprint density at radius 1 is 1.33 bits per heavy atom. The first-order valence-corrected chi connectivity index (χ1v) is 7.83. The van der Waals surface area contributed by atoms with Crippen LogP contribution in [0.4, 0.5) is 0 Å². The largest absolute Gasteiger partial charge is 0.481 e. The summed E-state index contributed by atoms with van der Waals surface area (Å²) in [5.41, 5.74) is 0. The fourth-order valence-corrected chi connectivity index (χ4v) is 3.38. The molecule has 6 heteroatoms. The van der Waals surface area contributed by atoms with Gasteiger partial charge in [-0.05, 0) is 19.8 Å². The van der Waals surface area contributed by atoms with E-state index in [4.69, 9.17) is 5.11 Å². The molecule has 2 aliphatic rings. The van der Waals surface area contributed by atoms with E-state index in [0.29, 0.717) is 19.1 Å². The third-order valence-electron chi connectivity index (χ3n) is 4.56. The summed E-state index contributed by atoms with van der Waals surface area (Å²) in [6.45, 7) is 3.05. The van der Waals surface area contributed by atoms with Crippen molar-refractivity contribution in [2.75, 3.05) is 19.6 Å². The number of likely N-dealkylation sites (tertiary alicyclic amines) is 1. The summed E-state index contributed by atoms with van der Waals surface area (Å²) in [4.78, 5) is 38.6. The molecule has 1 aliphatic carbocycles. The number of rotatable bonds is 6. The van der Waals surface area contributed by atoms with Crippen molar-refractivity contribution in [3.8, 4) is 0 Å². The number of amides is 2. The third-order valence-corrected chi connectivity index (χ3v) is 4.56. The Kier molecular flexibility index (Phi) is 5.20. The molecule has 0 radical (unpaired) electrons. The highest BCUT2D eigenvalue weighted by atomic mass is 16.4. The highest BCUT2D eigenvalue weighted by molar-refractivity contribution is 5.89. The zero-order chi connectivity index (χ0) is 15.4. The zero-order valence-electron chi connectivity index (χ0n) is 12.6. The van der Waals surface area contributed by atoms with Gasteiger partial charge in [-0.25, -0.2) is 0 Å². The van der Waals surface area contributed by atoms with Crippen LogP contribution in [0.15, 0.2) is 0 Å². The summed E-state index contributed by atoms with van der Waals surface area (Å²) < 4.78 is 0. The van der Waals surface area contributed by atoms with Crippen LogP contribution in [0.25, 0.3) is 0 Å². The molecule has 1 saturated heterocycles. The maximum absolute atomic E-state index is 12.4. The quantitative estimate of drug-likeness (QED) is 0.796. The van der Waals surface area contributed by atoms with Crippen LogP contribution >= 0.6 is 0 Å². The fraction of sp³-hybridized carbons (Fsp3) is 0.800. The second-order valence-electron chi connectivity index (χ2n) is 5.95. The summed E-state index contributed by atoms with van der Waals surface area (Å²) in [6.07, 6.45) is 4.64. The van der Waals surface area contributed by atoms with Crippen molar-refractivity contribution in [3.05, 3.63) is 0 Å². The molecule has 21 heavy (non-hydrogen) atoms. The van der Waals surface area contributed by atoms with Crippen molar-refractivity contribution < 1.29 is 19.5 Å². The SMILES string of the molecule is CCN(CCC(=O)O)C(=O)C1CC(=O)N(C2CCCC2)C1. The molecule has 1 heterocycles. The van der Waals surface area contributed by atoms with Crippen LogP contribution in [0.2, 0.25) is 0 Å². The van der Waals surface area contributed by atoms with Crippen LogP contribution in [0.1, 0.15) is 45.4 Å². The van der Waals surface area contributed by atoms with Gasteiger partial charge in [-0.15, -0.1) is 0 Å². The van der Waals surface area contributed by atoms with Crippen molar-refractivity contribution >= 4 is 17.8 Å². The molecule has 0 aromatic carbocycles. The van der Waals surface area contributed by atoms with E-state index < -0.39 is 5.97 Å². The highest BCUT2D eigenvalue weighted by Crippen LogP contribution is 2.30. The number of aliphatic carboxylic acids is 1. The minimum absolute atomic E-state index is 0.0490. The second kappa shape index (κ2) is 6.91. The normalized spacial score (nSPS) is 22.8. The standard InChI is InChI=1S/C15H24N2O4/c1-2-16(8-7-14(19)20)15(21)11-9-13(18)17(10-11)12-5-3-4-6-12/h11-12H,2-10H2,1H3,(H,19,20). The molecule has 2 rings (SSSR count). The summed E-state index contributed by atoms with van der Waals surface area (Å²) in [5.74, 6) is -1.20. The number of carboxylic acid groups (broad SMARTS) is 1. The molecule has 0 spiro atoms. The molecule has 1 N–H and O–H groups in total. The van der Waals surface area contributed by atoms with Gasteiger partial charge in [0, 0.05) is 32.1 Å². The van der Waals surface area contributed by atoms with Gasteiger partial charge < -0.3 is 14.9 Å². The van der Waals surface area contributed by atoms with Gasteiger partial charge in [0.25, 0.3) is 0 Å². The predicted octanol–water partition coefficient (Wildman–Crippen LogP) is 1.10. The highest BCUT2D eigenvalue weighted by Gasteiger charge is 2.39. The van der Waals surface area contributed by atoms with Crippen LogP contribution in [0.3, 0.4) is 0 Å². The molecular weight excluding hydrogens is 272 g/mol. The van der Waals surface area contributed by atoms with Crippen LogP contribution in [-0.2, 0) is 14.4 Å². The molecule has 118 valence electrons. The van der Waals surface area contributed by atoms with E-state index in [1.807, 2.05) is 11.8 Å². The van der Waals surface area contributed by atoms with Gasteiger partial charge >= 0.3 is 5.97 Å². The van der Waals surface area contributed by atoms with Crippen LogP contribution in [0.5, 0.6) is 0 Å². The summed E-state index contributed by atoms with van der Waals surface area (Å²) in [5, 5.41) is 8.73. The molecule has 1 aliphatic heterocycles. The smallest absolute Gasteiger partial charge is 0.305 e. The molecular formula is C15H24N2O4. The van der Waals surface area contributed by atoms with E-state index in [0.717, 1.165) is 25.7 Å². The number of hydrogen-bond acceptors (Lipinski definition) is 3. The number of carbonyl (C=O) groups is 3. The van der Waals surface area contributed by atoms with E-state index in [-0.39, 0.29) is 37.1 Å². The Morgan fingerprint density at radius 3 is 2.57 bits per heavy atom. The average molecular weight is 296 g/mol. The van der Waals surface area contributed by atoms with Crippen molar-refractivity contribution in [3.63, 3.8) is 0 Å². The topological polar surface area (TPSA) is 77.9 Å². The Bertz CT molecular complexity index is 418. The van der Waals surface area contributed by atoms with Gasteiger partial charge in [-0.2, -0.15) is 0 Å². The Morgan fingerprint density at radius 2 is 2.00 bits per heavy atom. The van der Waals surface area contributed by atoms with E-state index in [9.17, 15) is 14.4 Å². The molecule has 0 aromatic rings. The van der Waals surface area contributed by atoms with Gasteiger partial charge in [0.05, 0.1) is 12.3 Å². The molecule has 1 unspecified atom stereocenters. The van der Waals surface area contributed by atoms with Crippen LogP contribution < -0.4 is 0 Å². The molecule has 2 amide bonds. The average Bonchev–Trinajstić information content (AvgIpc) is 3.07. The molecule has 2 fully saturated rings. The number of carboxylic acids is 1. The molecule has 1 atom stereocenters. The first-order valence-electron chi connectivity index (χ1n) is 7.83. The van der Waals surface area contributed by atoms with E-state index in [2.05, 4.69) is 0 Å². The maximum atomic E-state index is 12.4. The van der Waals surface area contributed by atoms with Gasteiger partial charge in [0.15, 0.2) is 0 Å². The lowest BCUT2D eigenvalue weighted by molar-refractivity contribution is -0.140. The predicted molar refractivity (Wildman–Crippen MR) is 76.6 cm³/mol. The van der Waals surface area contributed by atoms with Crippen LogP contribution in [0, 0.1) is 5.92 Å². The van der Waals surface area contributed by atoms with Crippen LogP contribution in [-0.4, -0.2) is 58.4 Å². The fourth-order valence-electron chi connectivity index (χ4n) is 3.38. The number of nitrogens with zero attached hydrogens (tertiary/aromatic N) is 2. The van der Waals surface area contributed by atoms with Crippen molar-refractivity contribution in [2.45, 2.75) is 51.5 Å². The minimum Gasteiger partial charge on any atom is -0.481 e. The monoisotopic (exact) mass is 296 g/mol. The third kappa shape index (κ3) is 3.74. The Hall–Kier alpha value is -1.59. The first kappa shape index (κ1) is 15.8. The Balaban J connectivity index is 1.93. The summed E-state index contributed by atoms with van der Waals surface area (Å²) in [7, 11) is 0. The lowest BCUT2D eigenvalue weighted by atomic mass is 10.1.